The van der Waals surface area contributed by atoms with E-state index >= 15 is 0 Å². The van der Waals surface area contributed by atoms with E-state index in [0.717, 1.165) is 17.8 Å². The van der Waals surface area contributed by atoms with Gasteiger partial charge in [-0.25, -0.2) is 14.2 Å². The third-order valence-corrected chi connectivity index (χ3v) is 6.59. The van der Waals surface area contributed by atoms with Gasteiger partial charge >= 0.3 is 12.3 Å². The molecule has 0 saturated carbocycles. The van der Waals surface area contributed by atoms with Crippen LogP contribution in [0.2, 0.25) is 5.02 Å². The second kappa shape index (κ2) is 13.2. The lowest BCUT2D eigenvalue weighted by Crippen LogP contribution is -2.33. The predicted molar refractivity (Wildman–Crippen MR) is 147 cm³/mol. The Balaban J connectivity index is 1.23. The predicted octanol–water partition coefficient (Wildman–Crippen LogP) is 5.61. The number of benzene rings is 2. The summed E-state index contributed by atoms with van der Waals surface area (Å²) in [7, 11) is 0. The Hall–Kier alpha value is -3.90. The van der Waals surface area contributed by atoms with Gasteiger partial charge in [-0.15, -0.1) is 0 Å². The summed E-state index contributed by atoms with van der Waals surface area (Å²) in [6.07, 6.45) is -4.19. The molecule has 218 valence electrons. The van der Waals surface area contributed by atoms with Crippen LogP contribution in [0.4, 0.5) is 33.9 Å². The van der Waals surface area contributed by atoms with E-state index in [2.05, 4.69) is 20.9 Å². The maximum absolute atomic E-state index is 15.0. The molecule has 41 heavy (non-hydrogen) atoms. The summed E-state index contributed by atoms with van der Waals surface area (Å²) in [6.45, 7) is 3.42. The molecule has 1 aliphatic rings. The Bertz CT molecular complexity index is 1390. The van der Waals surface area contributed by atoms with Crippen LogP contribution >= 0.6 is 11.6 Å². The molecule has 1 fully saturated rings. The monoisotopic (exact) mass is 593 g/mol. The summed E-state index contributed by atoms with van der Waals surface area (Å²) in [5, 5.41) is 8.71. The highest BCUT2D eigenvalue weighted by atomic mass is 35.5. The number of cyclic esters (lactones) is 1. The number of anilines is 2. The van der Waals surface area contributed by atoms with Gasteiger partial charge in [-0.3, -0.25) is 9.69 Å². The second-order valence-electron chi connectivity index (χ2n) is 9.42. The molecule has 0 aliphatic carbocycles. The number of alkyl halides is 3. The van der Waals surface area contributed by atoms with Crippen molar-refractivity contribution in [2.75, 3.05) is 36.4 Å². The molecule has 2 amide bonds. The number of amides is 2. The van der Waals surface area contributed by atoms with Gasteiger partial charge in [-0.2, -0.15) is 13.2 Å². The largest absolute Gasteiger partial charge is 0.442 e. The van der Waals surface area contributed by atoms with Crippen LogP contribution < -0.4 is 20.9 Å². The van der Waals surface area contributed by atoms with Gasteiger partial charge in [0.15, 0.2) is 0 Å². The minimum atomic E-state index is -4.50. The lowest BCUT2D eigenvalue weighted by molar-refractivity contribution is -0.137. The first kappa shape index (κ1) is 30.1. The highest BCUT2D eigenvalue weighted by molar-refractivity contribution is 6.32. The lowest BCUT2D eigenvalue weighted by Gasteiger charge is -2.15. The fraction of sp³-hybridized carbons (Fsp3) is 0.321. The molecule has 2 aromatic carbocycles. The van der Waals surface area contributed by atoms with Crippen LogP contribution in [-0.2, 0) is 22.3 Å². The number of pyridine rings is 1. The van der Waals surface area contributed by atoms with Crippen molar-refractivity contribution in [1.82, 2.24) is 15.6 Å². The van der Waals surface area contributed by atoms with E-state index in [1.165, 1.54) is 17.9 Å². The van der Waals surface area contributed by atoms with Crippen LogP contribution in [0.5, 0.6) is 0 Å². The maximum atomic E-state index is 15.0. The molecule has 8 nitrogen and oxygen atoms in total. The fourth-order valence-corrected chi connectivity index (χ4v) is 4.41. The Morgan fingerprint density at radius 3 is 2.56 bits per heavy atom. The smallest absolute Gasteiger partial charge is 0.417 e. The number of carbonyl (C=O) groups is 2. The van der Waals surface area contributed by atoms with Gasteiger partial charge in [0.25, 0.3) is 0 Å². The molecular formula is C28H28ClF4N5O3. The molecule has 1 aromatic heterocycles. The van der Waals surface area contributed by atoms with Crippen LogP contribution in [0.25, 0.3) is 11.1 Å². The van der Waals surface area contributed by atoms with E-state index < -0.39 is 29.8 Å². The molecule has 1 unspecified atom stereocenters. The third-order valence-electron chi connectivity index (χ3n) is 6.30. The summed E-state index contributed by atoms with van der Waals surface area (Å²) in [4.78, 5) is 28.4. The van der Waals surface area contributed by atoms with Gasteiger partial charge in [-0.05, 0) is 48.4 Å². The minimum absolute atomic E-state index is 0.0927. The van der Waals surface area contributed by atoms with Crippen LogP contribution in [-0.4, -0.2) is 49.3 Å². The number of nitrogens with zero attached hydrogens (tertiary/aromatic N) is 2. The van der Waals surface area contributed by atoms with Crippen LogP contribution in [0.15, 0.2) is 54.7 Å². The summed E-state index contributed by atoms with van der Waals surface area (Å²) < 4.78 is 58.4. The molecule has 1 aliphatic heterocycles. The van der Waals surface area contributed by atoms with Crippen molar-refractivity contribution < 1.29 is 31.9 Å². The Morgan fingerprint density at radius 1 is 1.15 bits per heavy atom. The second-order valence-corrected chi connectivity index (χ2v) is 9.83. The molecule has 1 atom stereocenters. The summed E-state index contributed by atoms with van der Waals surface area (Å²) in [6, 6.07) is 12.8. The standard InChI is InChI=1S/C28H28ClF4N5O3/c1-17(39)36-15-22-16-38(27(40)41-22)21-7-8-23(25(30)12-21)19-5-3-18(4-6-19)13-34-9-2-10-35-26-24(29)11-20(14-37-26)28(31,32)33/h3-8,11-12,14,22,34H,2,9-10,13,15-16H2,1H3,(H,35,37)(H,36,39). The molecular weight excluding hydrogens is 566 g/mol. The molecule has 3 aromatic rings. The first-order valence-corrected chi connectivity index (χ1v) is 13.2. The number of halogens is 5. The fourth-order valence-electron chi connectivity index (χ4n) is 4.18. The zero-order valence-corrected chi connectivity index (χ0v) is 22.8. The van der Waals surface area contributed by atoms with Gasteiger partial charge < -0.3 is 20.7 Å². The van der Waals surface area contributed by atoms with Crippen LogP contribution in [0, 0.1) is 5.82 Å². The number of hydrogen-bond donors (Lipinski definition) is 3. The van der Waals surface area contributed by atoms with Gasteiger partial charge in [0.1, 0.15) is 17.7 Å². The number of carbonyl (C=O) groups excluding carboxylic acids is 2. The molecule has 3 N–H and O–H groups in total. The first-order chi connectivity index (χ1) is 19.5. The van der Waals surface area contributed by atoms with Crippen molar-refractivity contribution in [3.8, 4) is 11.1 Å². The maximum Gasteiger partial charge on any atom is 0.417 e. The van der Waals surface area contributed by atoms with Gasteiger partial charge in [-0.1, -0.05) is 35.9 Å². The van der Waals surface area contributed by atoms with Crippen molar-refractivity contribution in [3.63, 3.8) is 0 Å². The van der Waals surface area contributed by atoms with Crippen molar-refractivity contribution in [1.29, 1.82) is 0 Å². The van der Waals surface area contributed by atoms with E-state index in [0.29, 0.717) is 42.9 Å². The SMILES string of the molecule is CC(=O)NCC1CN(c2ccc(-c3ccc(CNCCCNc4ncc(C(F)(F)F)cc4Cl)cc3)c(F)c2)C(=O)O1. The minimum Gasteiger partial charge on any atom is -0.442 e. The molecule has 4 rings (SSSR count). The molecule has 1 saturated heterocycles. The molecule has 0 radical (unpaired) electrons. The average Bonchev–Trinajstić information content (AvgIpc) is 3.30. The van der Waals surface area contributed by atoms with Crippen molar-refractivity contribution in [2.24, 2.45) is 0 Å². The Labute approximate surface area is 239 Å². The lowest BCUT2D eigenvalue weighted by atomic mass is 10.0. The van der Waals surface area contributed by atoms with E-state index in [4.69, 9.17) is 16.3 Å². The third kappa shape index (κ3) is 8.08. The quantitative estimate of drug-likeness (QED) is 0.198. The van der Waals surface area contributed by atoms with Crippen molar-refractivity contribution in [3.05, 3.63) is 76.7 Å². The zero-order chi connectivity index (χ0) is 29.6. The highest BCUT2D eigenvalue weighted by Crippen LogP contribution is 2.32. The topological polar surface area (TPSA) is 95.6 Å². The first-order valence-electron chi connectivity index (χ1n) is 12.8. The van der Waals surface area contributed by atoms with Crippen LogP contribution in [0.3, 0.4) is 0 Å². The average molecular weight is 594 g/mol. The van der Waals surface area contributed by atoms with E-state index in [1.54, 1.807) is 12.1 Å². The van der Waals surface area contributed by atoms with E-state index in [9.17, 15) is 27.2 Å². The number of hydrogen-bond acceptors (Lipinski definition) is 6. The number of nitrogens with one attached hydrogen (secondary N) is 3. The number of ether oxygens (including phenoxy) is 1. The highest BCUT2D eigenvalue weighted by Gasteiger charge is 2.33. The molecule has 13 heteroatoms. The van der Waals surface area contributed by atoms with Crippen molar-refractivity contribution >= 4 is 35.1 Å². The Morgan fingerprint density at radius 2 is 1.90 bits per heavy atom. The molecule has 0 bridgehead atoms. The Kier molecular flexibility index (Phi) is 9.66. The summed E-state index contributed by atoms with van der Waals surface area (Å²) in [5.74, 6) is -0.518. The van der Waals surface area contributed by atoms with E-state index in [-0.39, 0.29) is 29.8 Å². The van der Waals surface area contributed by atoms with Crippen molar-refractivity contribution in [2.45, 2.75) is 32.2 Å². The van der Waals surface area contributed by atoms with Gasteiger partial charge in [0, 0.05) is 31.8 Å². The summed E-state index contributed by atoms with van der Waals surface area (Å²) in [5.41, 5.74) is 1.51. The normalized spacial score (nSPS) is 15.1. The molecule has 0 spiro atoms. The molecule has 2 heterocycles. The number of rotatable bonds is 11. The summed E-state index contributed by atoms with van der Waals surface area (Å²) >= 11 is 5.89. The number of aromatic nitrogens is 1. The van der Waals surface area contributed by atoms with Crippen LogP contribution in [0.1, 0.15) is 24.5 Å². The van der Waals surface area contributed by atoms with Gasteiger partial charge in [0.05, 0.1) is 29.4 Å². The zero-order valence-electron chi connectivity index (χ0n) is 22.0. The van der Waals surface area contributed by atoms with Gasteiger partial charge in [0.2, 0.25) is 5.91 Å². The van der Waals surface area contributed by atoms with E-state index in [1.807, 2.05) is 24.3 Å².